The van der Waals surface area contributed by atoms with Crippen molar-refractivity contribution in [1.29, 1.82) is 0 Å². The van der Waals surface area contributed by atoms with E-state index in [9.17, 15) is 4.39 Å². The van der Waals surface area contributed by atoms with Gasteiger partial charge in [0.25, 0.3) is 0 Å². The van der Waals surface area contributed by atoms with Crippen molar-refractivity contribution in [3.8, 4) is 34.1 Å². The number of benzene rings is 2. The van der Waals surface area contributed by atoms with Gasteiger partial charge in [-0.2, -0.15) is 0 Å². The molecule has 0 saturated heterocycles. The van der Waals surface area contributed by atoms with Gasteiger partial charge in [-0.25, -0.2) is 4.39 Å². The highest BCUT2D eigenvalue weighted by Crippen LogP contribution is 2.39. The highest BCUT2D eigenvalue weighted by Gasteiger charge is 2.20. The molecule has 3 aromatic rings. The summed E-state index contributed by atoms with van der Waals surface area (Å²) in [6.45, 7) is 0. The molecule has 0 saturated carbocycles. The number of aromatic nitrogens is 1. The van der Waals surface area contributed by atoms with E-state index in [1.165, 1.54) is 20.3 Å². The Labute approximate surface area is 127 Å². The fraction of sp³-hybridized carbons (Fsp3) is 0.118. The Hall–Kier alpha value is -2.82. The van der Waals surface area contributed by atoms with Crippen molar-refractivity contribution in [2.75, 3.05) is 14.2 Å². The molecule has 2 aromatic carbocycles. The Bertz CT molecular complexity index is 784. The molecule has 0 aliphatic rings. The second-order valence-corrected chi connectivity index (χ2v) is 4.61. The molecule has 22 heavy (non-hydrogen) atoms. The molecule has 0 spiro atoms. The Balaban J connectivity index is 2.16. The molecule has 0 aliphatic heterocycles. The Morgan fingerprint density at radius 1 is 0.955 bits per heavy atom. The third-order valence-corrected chi connectivity index (χ3v) is 3.33. The molecule has 0 aliphatic carbocycles. The maximum absolute atomic E-state index is 13.9. The molecule has 0 N–H and O–H groups in total. The topological polar surface area (TPSA) is 44.5 Å². The summed E-state index contributed by atoms with van der Waals surface area (Å²) in [6.07, 6.45) is 0. The molecule has 112 valence electrons. The molecule has 0 bridgehead atoms. The monoisotopic (exact) mass is 299 g/mol. The Morgan fingerprint density at radius 3 is 2.36 bits per heavy atom. The zero-order chi connectivity index (χ0) is 15.5. The maximum atomic E-state index is 13.9. The minimum Gasteiger partial charge on any atom is -0.494 e. The number of nitrogens with zero attached hydrogens (tertiary/aromatic N) is 1. The van der Waals surface area contributed by atoms with Gasteiger partial charge in [0, 0.05) is 5.56 Å². The zero-order valence-corrected chi connectivity index (χ0v) is 12.2. The van der Waals surface area contributed by atoms with Crippen LogP contribution in [-0.2, 0) is 0 Å². The summed E-state index contributed by atoms with van der Waals surface area (Å²) < 4.78 is 29.3. The summed E-state index contributed by atoms with van der Waals surface area (Å²) in [5, 5.41) is 4.02. The molecule has 4 nitrogen and oxygen atoms in total. The molecule has 0 atom stereocenters. The van der Waals surface area contributed by atoms with E-state index in [0.29, 0.717) is 16.8 Å². The maximum Gasteiger partial charge on any atom is 0.319 e. The van der Waals surface area contributed by atoms with Gasteiger partial charge >= 0.3 is 5.95 Å². The summed E-state index contributed by atoms with van der Waals surface area (Å²) >= 11 is 0. The van der Waals surface area contributed by atoms with Gasteiger partial charge in [-0.05, 0) is 23.8 Å². The first kappa shape index (κ1) is 14.1. The smallest absolute Gasteiger partial charge is 0.319 e. The van der Waals surface area contributed by atoms with Gasteiger partial charge in [0.2, 0.25) is 0 Å². The molecule has 0 radical (unpaired) electrons. The number of hydrogen-bond acceptors (Lipinski definition) is 4. The molecule has 1 heterocycles. The quantitative estimate of drug-likeness (QED) is 0.725. The number of halogens is 1. The van der Waals surface area contributed by atoms with Gasteiger partial charge in [-0.1, -0.05) is 35.5 Å². The molecular weight excluding hydrogens is 285 g/mol. The lowest BCUT2D eigenvalue weighted by Gasteiger charge is -2.06. The summed E-state index contributed by atoms with van der Waals surface area (Å²) in [5.41, 5.74) is 2.67. The molecule has 3 rings (SSSR count). The molecular formula is C17H14FNO3. The fourth-order valence-electron chi connectivity index (χ4n) is 2.28. The third-order valence-electron chi connectivity index (χ3n) is 3.33. The van der Waals surface area contributed by atoms with Crippen LogP contribution in [0.25, 0.3) is 22.4 Å². The van der Waals surface area contributed by atoms with Gasteiger partial charge in [-0.3, -0.25) is 0 Å². The SMILES string of the molecule is COc1ccc(-c2noc(OC)c2-c2ccccc2)cc1F. The van der Waals surface area contributed by atoms with Crippen LogP contribution < -0.4 is 9.47 Å². The highest BCUT2D eigenvalue weighted by atomic mass is 19.1. The second-order valence-electron chi connectivity index (χ2n) is 4.61. The summed E-state index contributed by atoms with van der Waals surface area (Å²) in [4.78, 5) is 0. The van der Waals surface area contributed by atoms with Crippen LogP contribution in [0.3, 0.4) is 0 Å². The predicted octanol–water partition coefficient (Wildman–Crippen LogP) is 4.16. The van der Waals surface area contributed by atoms with Crippen molar-refractivity contribution in [2.24, 2.45) is 0 Å². The van der Waals surface area contributed by atoms with Gasteiger partial charge in [0.1, 0.15) is 5.69 Å². The van der Waals surface area contributed by atoms with Crippen molar-refractivity contribution in [3.05, 3.63) is 54.3 Å². The van der Waals surface area contributed by atoms with Crippen LogP contribution >= 0.6 is 0 Å². The molecule has 1 aromatic heterocycles. The van der Waals surface area contributed by atoms with Crippen molar-refractivity contribution >= 4 is 0 Å². The third kappa shape index (κ3) is 2.41. The second kappa shape index (κ2) is 5.89. The number of rotatable bonds is 4. The summed E-state index contributed by atoms with van der Waals surface area (Å²) in [7, 11) is 2.93. The summed E-state index contributed by atoms with van der Waals surface area (Å²) in [5.74, 6) is 0.0128. The fourth-order valence-corrected chi connectivity index (χ4v) is 2.28. The largest absolute Gasteiger partial charge is 0.494 e. The van der Waals surface area contributed by atoms with E-state index in [1.807, 2.05) is 30.3 Å². The van der Waals surface area contributed by atoms with Crippen molar-refractivity contribution < 1.29 is 18.4 Å². The van der Waals surface area contributed by atoms with Crippen LogP contribution in [0.4, 0.5) is 4.39 Å². The van der Waals surface area contributed by atoms with Crippen molar-refractivity contribution in [3.63, 3.8) is 0 Å². The molecule has 0 fully saturated rings. The van der Waals surface area contributed by atoms with Crippen LogP contribution in [0.1, 0.15) is 0 Å². The average molecular weight is 299 g/mol. The number of methoxy groups -OCH3 is 2. The molecule has 0 amide bonds. The lowest BCUT2D eigenvalue weighted by Crippen LogP contribution is -1.90. The van der Waals surface area contributed by atoms with Crippen molar-refractivity contribution in [1.82, 2.24) is 5.16 Å². The number of hydrogen-bond donors (Lipinski definition) is 0. The minimum atomic E-state index is -0.457. The minimum absolute atomic E-state index is 0.181. The Kier molecular flexibility index (Phi) is 3.78. The summed E-state index contributed by atoms with van der Waals surface area (Å²) in [6, 6.07) is 14.2. The normalized spacial score (nSPS) is 10.5. The first-order valence-corrected chi connectivity index (χ1v) is 6.67. The van der Waals surface area contributed by atoms with Crippen molar-refractivity contribution in [2.45, 2.75) is 0 Å². The van der Waals surface area contributed by atoms with Gasteiger partial charge in [0.05, 0.1) is 19.8 Å². The van der Waals surface area contributed by atoms with E-state index in [4.69, 9.17) is 14.0 Å². The number of ether oxygens (including phenoxy) is 2. The van der Waals surface area contributed by atoms with Crippen LogP contribution in [0.2, 0.25) is 0 Å². The average Bonchev–Trinajstić information content (AvgIpc) is 2.99. The zero-order valence-electron chi connectivity index (χ0n) is 12.2. The lowest BCUT2D eigenvalue weighted by molar-refractivity contribution is 0.262. The molecule has 5 heteroatoms. The first-order valence-electron chi connectivity index (χ1n) is 6.67. The van der Waals surface area contributed by atoms with Gasteiger partial charge < -0.3 is 14.0 Å². The van der Waals surface area contributed by atoms with E-state index in [1.54, 1.807) is 12.1 Å². The van der Waals surface area contributed by atoms with E-state index >= 15 is 0 Å². The van der Waals surface area contributed by atoms with E-state index in [2.05, 4.69) is 5.16 Å². The first-order chi connectivity index (χ1) is 10.7. The van der Waals surface area contributed by atoms with Crippen LogP contribution in [0.15, 0.2) is 53.1 Å². The predicted molar refractivity (Wildman–Crippen MR) is 80.4 cm³/mol. The van der Waals surface area contributed by atoms with Crippen LogP contribution in [0.5, 0.6) is 11.7 Å². The van der Waals surface area contributed by atoms with Crippen LogP contribution in [-0.4, -0.2) is 19.4 Å². The standard InChI is InChI=1S/C17H14FNO3/c1-20-14-9-8-12(10-13(14)18)16-15(17(21-2)22-19-16)11-6-4-3-5-7-11/h3-10H,1-2H3. The van der Waals surface area contributed by atoms with Gasteiger partial charge in [0.15, 0.2) is 11.6 Å². The van der Waals surface area contributed by atoms with E-state index < -0.39 is 5.82 Å². The van der Waals surface area contributed by atoms with E-state index in [-0.39, 0.29) is 11.7 Å². The lowest BCUT2D eigenvalue weighted by atomic mass is 10.0. The molecule has 0 unspecified atom stereocenters. The Morgan fingerprint density at radius 2 is 1.73 bits per heavy atom. The van der Waals surface area contributed by atoms with E-state index in [0.717, 1.165) is 5.56 Å². The van der Waals surface area contributed by atoms with Crippen LogP contribution in [0, 0.1) is 5.82 Å². The van der Waals surface area contributed by atoms with Gasteiger partial charge in [-0.15, -0.1) is 0 Å². The highest BCUT2D eigenvalue weighted by molar-refractivity contribution is 5.83.